The predicted octanol–water partition coefficient (Wildman–Crippen LogP) is -0.00170. The average molecular weight is 347 g/mol. The molecule has 8 heteroatoms. The number of hydrogen-bond donors (Lipinski definition) is 0. The fourth-order valence-corrected chi connectivity index (χ4v) is 3.59. The quantitative estimate of drug-likeness (QED) is 0.762. The summed E-state index contributed by atoms with van der Waals surface area (Å²) in [5.41, 5.74) is 0. The van der Waals surface area contributed by atoms with Gasteiger partial charge in [0.15, 0.2) is 11.6 Å². The van der Waals surface area contributed by atoms with E-state index in [2.05, 4.69) is 20.0 Å². The van der Waals surface area contributed by atoms with Crippen molar-refractivity contribution in [3.05, 3.63) is 12.1 Å². The van der Waals surface area contributed by atoms with Crippen molar-refractivity contribution < 1.29 is 14.3 Å². The first-order chi connectivity index (χ1) is 12.3. The molecule has 0 saturated carbocycles. The first kappa shape index (κ1) is 16.5. The predicted molar refractivity (Wildman–Crippen MR) is 92.8 cm³/mol. The zero-order valence-corrected chi connectivity index (χ0v) is 14.5. The van der Waals surface area contributed by atoms with Crippen LogP contribution < -0.4 is 9.80 Å². The smallest absolute Gasteiger partial charge is 0.228 e. The monoisotopic (exact) mass is 347 g/mol. The molecular weight excluding hydrogens is 322 g/mol. The number of aromatic nitrogens is 2. The Morgan fingerprint density at radius 3 is 2.08 bits per heavy atom. The minimum Gasteiger partial charge on any atom is -0.381 e. The van der Waals surface area contributed by atoms with Gasteiger partial charge < -0.3 is 24.2 Å². The van der Waals surface area contributed by atoms with Gasteiger partial charge in [0.25, 0.3) is 0 Å². The summed E-state index contributed by atoms with van der Waals surface area (Å²) >= 11 is 0. The zero-order chi connectivity index (χ0) is 17.1. The van der Waals surface area contributed by atoms with E-state index in [1.54, 1.807) is 0 Å². The molecular formula is C17H25N5O3. The first-order valence-electron chi connectivity index (χ1n) is 9.09. The Morgan fingerprint density at radius 1 is 0.880 bits per heavy atom. The molecule has 0 spiro atoms. The van der Waals surface area contributed by atoms with Crippen molar-refractivity contribution in [1.82, 2.24) is 15.1 Å². The number of amides is 1. The Balaban J connectivity index is 1.32. The minimum absolute atomic E-state index is 0.0548. The van der Waals surface area contributed by atoms with Crippen LogP contribution in [0.5, 0.6) is 0 Å². The van der Waals surface area contributed by atoms with Crippen LogP contribution in [-0.2, 0) is 14.3 Å². The first-order valence-corrected chi connectivity index (χ1v) is 9.09. The Kier molecular flexibility index (Phi) is 4.98. The van der Waals surface area contributed by atoms with Gasteiger partial charge in [-0.15, -0.1) is 10.2 Å². The molecule has 136 valence electrons. The van der Waals surface area contributed by atoms with Gasteiger partial charge in [0.05, 0.1) is 25.7 Å². The summed E-state index contributed by atoms with van der Waals surface area (Å²) in [5.74, 6) is 2.08. The molecule has 3 saturated heterocycles. The van der Waals surface area contributed by atoms with Gasteiger partial charge in [-0.25, -0.2) is 0 Å². The van der Waals surface area contributed by atoms with E-state index in [0.29, 0.717) is 13.2 Å². The van der Waals surface area contributed by atoms with Crippen LogP contribution in [0.1, 0.15) is 6.42 Å². The van der Waals surface area contributed by atoms with Crippen molar-refractivity contribution in [1.29, 1.82) is 0 Å². The Morgan fingerprint density at radius 2 is 1.52 bits per heavy atom. The van der Waals surface area contributed by atoms with Crippen LogP contribution in [0.2, 0.25) is 0 Å². The fourth-order valence-electron chi connectivity index (χ4n) is 3.59. The second-order valence-electron chi connectivity index (χ2n) is 6.72. The fraction of sp³-hybridized carbons (Fsp3) is 0.706. The van der Waals surface area contributed by atoms with Gasteiger partial charge in [-0.05, 0) is 18.6 Å². The molecule has 8 nitrogen and oxygen atoms in total. The maximum absolute atomic E-state index is 12.4. The molecule has 0 N–H and O–H groups in total. The second kappa shape index (κ2) is 7.53. The van der Waals surface area contributed by atoms with E-state index in [1.165, 1.54) is 0 Å². The molecule has 4 rings (SSSR count). The summed E-state index contributed by atoms with van der Waals surface area (Å²) in [5, 5.41) is 8.77. The molecule has 0 bridgehead atoms. The normalized spacial score (nSPS) is 24.6. The lowest BCUT2D eigenvalue weighted by molar-refractivity contribution is -0.135. The number of rotatable bonds is 3. The lowest BCUT2D eigenvalue weighted by Gasteiger charge is -2.36. The molecule has 3 aliphatic rings. The number of hydrogen-bond acceptors (Lipinski definition) is 7. The van der Waals surface area contributed by atoms with Gasteiger partial charge in [0, 0.05) is 45.9 Å². The number of nitrogens with zero attached hydrogens (tertiary/aromatic N) is 5. The van der Waals surface area contributed by atoms with Gasteiger partial charge in [-0.3, -0.25) is 4.79 Å². The lowest BCUT2D eigenvalue weighted by atomic mass is 10.1. The SMILES string of the molecule is O=C(C1CCOC1)N1CCN(c2ccc(N3CCOCC3)nn2)CC1. The lowest BCUT2D eigenvalue weighted by Crippen LogP contribution is -2.50. The van der Waals surface area contributed by atoms with E-state index in [-0.39, 0.29) is 11.8 Å². The molecule has 0 aliphatic carbocycles. The third kappa shape index (κ3) is 3.69. The highest BCUT2D eigenvalue weighted by Gasteiger charge is 2.30. The summed E-state index contributed by atoms with van der Waals surface area (Å²) in [4.78, 5) is 18.8. The Hall–Kier alpha value is -1.93. The van der Waals surface area contributed by atoms with Crippen LogP contribution in [0.15, 0.2) is 12.1 Å². The van der Waals surface area contributed by atoms with Gasteiger partial charge in [0.1, 0.15) is 0 Å². The highest BCUT2D eigenvalue weighted by Crippen LogP contribution is 2.20. The van der Waals surface area contributed by atoms with Crippen LogP contribution >= 0.6 is 0 Å². The maximum Gasteiger partial charge on any atom is 0.228 e. The molecule has 3 fully saturated rings. The number of carbonyl (C=O) groups excluding carboxylic acids is 1. The summed E-state index contributed by atoms with van der Waals surface area (Å²) in [6, 6.07) is 4.06. The van der Waals surface area contributed by atoms with Crippen molar-refractivity contribution in [2.24, 2.45) is 5.92 Å². The molecule has 3 aliphatic heterocycles. The van der Waals surface area contributed by atoms with Gasteiger partial charge in [0.2, 0.25) is 5.91 Å². The van der Waals surface area contributed by atoms with E-state index < -0.39 is 0 Å². The zero-order valence-electron chi connectivity index (χ0n) is 14.5. The highest BCUT2D eigenvalue weighted by atomic mass is 16.5. The number of ether oxygens (including phenoxy) is 2. The summed E-state index contributed by atoms with van der Waals surface area (Å²) < 4.78 is 10.7. The van der Waals surface area contributed by atoms with Crippen molar-refractivity contribution in [3.8, 4) is 0 Å². The van der Waals surface area contributed by atoms with E-state index >= 15 is 0 Å². The third-order valence-corrected chi connectivity index (χ3v) is 5.17. The molecule has 1 unspecified atom stereocenters. The number of piperazine rings is 1. The van der Waals surface area contributed by atoms with Crippen molar-refractivity contribution in [2.45, 2.75) is 6.42 Å². The van der Waals surface area contributed by atoms with Crippen LogP contribution in [0.25, 0.3) is 0 Å². The maximum atomic E-state index is 12.4. The number of morpholine rings is 1. The van der Waals surface area contributed by atoms with E-state index in [4.69, 9.17) is 9.47 Å². The molecule has 1 aromatic rings. The molecule has 0 radical (unpaired) electrons. The van der Waals surface area contributed by atoms with E-state index in [9.17, 15) is 4.79 Å². The topological polar surface area (TPSA) is 71.0 Å². The molecule has 4 heterocycles. The highest BCUT2D eigenvalue weighted by molar-refractivity contribution is 5.79. The third-order valence-electron chi connectivity index (χ3n) is 5.17. The number of carbonyl (C=O) groups is 1. The van der Waals surface area contributed by atoms with Gasteiger partial charge in [-0.1, -0.05) is 0 Å². The van der Waals surface area contributed by atoms with E-state index in [0.717, 1.165) is 70.5 Å². The van der Waals surface area contributed by atoms with Gasteiger partial charge >= 0.3 is 0 Å². The molecule has 1 aromatic heterocycles. The van der Waals surface area contributed by atoms with Gasteiger partial charge in [-0.2, -0.15) is 0 Å². The molecule has 1 atom stereocenters. The summed E-state index contributed by atoms with van der Waals surface area (Å²) in [6.45, 7) is 7.56. The van der Waals surface area contributed by atoms with Crippen LogP contribution in [0.3, 0.4) is 0 Å². The number of anilines is 2. The minimum atomic E-state index is 0.0548. The van der Waals surface area contributed by atoms with Crippen LogP contribution in [0, 0.1) is 5.92 Å². The molecule has 25 heavy (non-hydrogen) atoms. The molecule has 1 amide bonds. The van der Waals surface area contributed by atoms with Crippen molar-refractivity contribution in [2.75, 3.05) is 75.5 Å². The Bertz CT molecular complexity index is 576. The van der Waals surface area contributed by atoms with E-state index in [1.807, 2.05) is 17.0 Å². The standard InChI is InChI=1S/C17H25N5O3/c23-17(14-3-10-25-13-14)22-6-4-20(5-7-22)15-1-2-16(19-18-15)21-8-11-24-12-9-21/h1-2,14H,3-13H2. The molecule has 0 aromatic carbocycles. The largest absolute Gasteiger partial charge is 0.381 e. The Labute approximate surface area is 147 Å². The second-order valence-corrected chi connectivity index (χ2v) is 6.72. The van der Waals surface area contributed by atoms with Crippen LogP contribution in [0.4, 0.5) is 11.6 Å². The van der Waals surface area contributed by atoms with Crippen molar-refractivity contribution >= 4 is 17.5 Å². The van der Waals surface area contributed by atoms with Crippen molar-refractivity contribution in [3.63, 3.8) is 0 Å². The summed E-state index contributed by atoms with van der Waals surface area (Å²) in [7, 11) is 0. The summed E-state index contributed by atoms with van der Waals surface area (Å²) in [6.07, 6.45) is 0.855. The van der Waals surface area contributed by atoms with Crippen LogP contribution in [-0.4, -0.2) is 86.7 Å². The average Bonchev–Trinajstić information content (AvgIpc) is 3.23.